The predicted molar refractivity (Wildman–Crippen MR) is 114 cm³/mol. The molecule has 0 radical (unpaired) electrons. The van der Waals surface area contributed by atoms with Gasteiger partial charge in [-0.1, -0.05) is 13.8 Å². The Morgan fingerprint density at radius 1 is 1.00 bits per heavy atom. The molecule has 4 heterocycles. The molecule has 4 rings (SSSR count). The first kappa shape index (κ1) is 22.4. The largest absolute Gasteiger partial charge is 0.737 e. The van der Waals surface area contributed by atoms with E-state index < -0.39 is 19.0 Å². The first-order chi connectivity index (χ1) is 14.9. The van der Waals surface area contributed by atoms with E-state index in [0.717, 1.165) is 32.5 Å². The van der Waals surface area contributed by atoms with Crippen LogP contribution in [0.3, 0.4) is 0 Å². The molecular formula is C22H24BF5N4. The zero-order valence-electron chi connectivity index (χ0n) is 18.8. The minimum Gasteiger partial charge on any atom is -0.393 e. The van der Waals surface area contributed by atoms with E-state index in [2.05, 4.69) is 9.97 Å². The van der Waals surface area contributed by atoms with E-state index in [0.29, 0.717) is 52.3 Å². The summed E-state index contributed by atoms with van der Waals surface area (Å²) < 4.78 is 73.4. The number of allylic oxidation sites excluding steroid dienone is 2. The van der Waals surface area contributed by atoms with Crippen LogP contribution in [-0.4, -0.2) is 31.6 Å². The summed E-state index contributed by atoms with van der Waals surface area (Å²) >= 11 is 0. The third-order valence-electron chi connectivity index (χ3n) is 6.69. The number of hydrogen-bond donors (Lipinski definition) is 0. The van der Waals surface area contributed by atoms with Crippen LogP contribution in [0.15, 0.2) is 29.2 Å². The zero-order valence-corrected chi connectivity index (χ0v) is 18.8. The zero-order chi connectivity index (χ0) is 23.7. The molecule has 2 aromatic heterocycles. The molecule has 0 saturated carbocycles. The van der Waals surface area contributed by atoms with Crippen molar-refractivity contribution in [1.29, 1.82) is 0 Å². The Labute approximate surface area is 183 Å². The van der Waals surface area contributed by atoms with Gasteiger partial charge in [0.2, 0.25) is 5.82 Å². The average molecular weight is 450 g/mol. The predicted octanol–water partition coefficient (Wildman–Crippen LogP) is 5.69. The van der Waals surface area contributed by atoms with E-state index in [1.54, 1.807) is 27.7 Å². The average Bonchev–Trinajstić information content (AvgIpc) is 3.12. The fourth-order valence-electron chi connectivity index (χ4n) is 5.36. The third-order valence-corrected chi connectivity index (χ3v) is 6.69. The molecule has 2 aliphatic heterocycles. The topological polar surface area (TPSA) is 33.7 Å². The molecule has 0 N–H and O–H groups in total. The SMILES string of the molecule is CCC1=C(C)C2=C(c3cnc(C(F)(F)F)nc3)c3c(C)c(CC)c(C)n3[B-](F)(F)[N+]2=C1C. The van der Waals surface area contributed by atoms with Gasteiger partial charge in [0.05, 0.1) is 5.57 Å². The Bertz CT molecular complexity index is 1230. The fourth-order valence-corrected chi connectivity index (χ4v) is 5.36. The summed E-state index contributed by atoms with van der Waals surface area (Å²) in [5, 5.41) is 0. The summed E-state index contributed by atoms with van der Waals surface area (Å²) in [6.07, 6.45) is -1.40. The third kappa shape index (κ3) is 2.84. The first-order valence-corrected chi connectivity index (χ1v) is 10.6. The van der Waals surface area contributed by atoms with Gasteiger partial charge in [-0.15, -0.1) is 0 Å². The van der Waals surface area contributed by atoms with Crippen molar-refractivity contribution < 1.29 is 26.3 Å². The summed E-state index contributed by atoms with van der Waals surface area (Å²) in [7, 11) is 0. The van der Waals surface area contributed by atoms with Crippen LogP contribution in [-0.2, 0) is 12.6 Å². The molecule has 0 fully saturated rings. The molecule has 10 heteroatoms. The number of alkyl halides is 3. The van der Waals surface area contributed by atoms with Crippen LogP contribution in [0.25, 0.3) is 5.57 Å². The van der Waals surface area contributed by atoms with E-state index >= 15 is 8.63 Å². The van der Waals surface area contributed by atoms with Crippen molar-refractivity contribution >= 4 is 18.3 Å². The maximum Gasteiger partial charge on any atom is 0.737 e. The van der Waals surface area contributed by atoms with Crippen molar-refractivity contribution in [3.8, 4) is 0 Å². The van der Waals surface area contributed by atoms with E-state index in [9.17, 15) is 13.2 Å². The van der Waals surface area contributed by atoms with Crippen LogP contribution >= 0.6 is 0 Å². The number of halogens is 5. The molecule has 0 aliphatic carbocycles. The quantitative estimate of drug-likeness (QED) is 0.445. The summed E-state index contributed by atoms with van der Waals surface area (Å²) in [6.45, 7) is 6.53. The molecule has 0 atom stereocenters. The summed E-state index contributed by atoms with van der Waals surface area (Å²) in [6, 6.07) is 0. The Morgan fingerprint density at radius 3 is 2.09 bits per heavy atom. The van der Waals surface area contributed by atoms with E-state index in [4.69, 9.17) is 0 Å². The van der Waals surface area contributed by atoms with Crippen LogP contribution in [0, 0.1) is 13.8 Å². The second-order valence-electron chi connectivity index (χ2n) is 8.28. The highest BCUT2D eigenvalue weighted by molar-refractivity contribution is 6.58. The van der Waals surface area contributed by atoms with Crippen molar-refractivity contribution in [1.82, 2.24) is 14.4 Å². The monoisotopic (exact) mass is 450 g/mol. The van der Waals surface area contributed by atoms with E-state index in [1.165, 1.54) is 0 Å². The van der Waals surface area contributed by atoms with Crippen molar-refractivity contribution in [2.24, 2.45) is 0 Å². The number of rotatable bonds is 3. The van der Waals surface area contributed by atoms with Crippen LogP contribution in [0.2, 0.25) is 0 Å². The lowest BCUT2D eigenvalue weighted by molar-refractivity contribution is -0.363. The molecule has 0 bridgehead atoms. The van der Waals surface area contributed by atoms with Crippen molar-refractivity contribution in [3.05, 3.63) is 63.1 Å². The van der Waals surface area contributed by atoms with Gasteiger partial charge in [-0.05, 0) is 50.4 Å². The van der Waals surface area contributed by atoms with Crippen molar-refractivity contribution in [3.63, 3.8) is 0 Å². The van der Waals surface area contributed by atoms with Gasteiger partial charge in [0, 0.05) is 41.7 Å². The lowest BCUT2D eigenvalue weighted by Gasteiger charge is -2.33. The lowest BCUT2D eigenvalue weighted by atomic mass is 9.84. The van der Waals surface area contributed by atoms with Gasteiger partial charge in [-0.3, -0.25) is 0 Å². The number of nitrogens with zero attached hydrogens (tertiary/aromatic N) is 4. The Kier molecular flexibility index (Phi) is 4.98. The second kappa shape index (κ2) is 7.11. The molecule has 2 aliphatic rings. The van der Waals surface area contributed by atoms with Gasteiger partial charge in [0.25, 0.3) is 0 Å². The normalized spacial score (nSPS) is 18.0. The van der Waals surface area contributed by atoms with Gasteiger partial charge in [0.1, 0.15) is 5.71 Å². The first-order valence-electron chi connectivity index (χ1n) is 10.6. The molecule has 0 spiro atoms. The van der Waals surface area contributed by atoms with Crippen molar-refractivity contribution in [2.45, 2.75) is 60.6 Å². The molecular weight excluding hydrogens is 426 g/mol. The minimum absolute atomic E-state index is 0.276. The van der Waals surface area contributed by atoms with Crippen LogP contribution in [0.4, 0.5) is 21.8 Å². The molecule has 32 heavy (non-hydrogen) atoms. The maximum atomic E-state index is 16.1. The molecule has 2 aromatic rings. The Balaban J connectivity index is 2.15. The van der Waals surface area contributed by atoms with Crippen LogP contribution in [0.1, 0.15) is 68.0 Å². The molecule has 0 amide bonds. The van der Waals surface area contributed by atoms with E-state index in [-0.39, 0.29) is 5.56 Å². The second-order valence-corrected chi connectivity index (χ2v) is 8.28. The molecule has 0 aromatic carbocycles. The molecule has 170 valence electrons. The smallest absolute Gasteiger partial charge is 0.393 e. The molecule has 4 nitrogen and oxygen atoms in total. The summed E-state index contributed by atoms with van der Waals surface area (Å²) in [5.41, 5.74) is 5.30. The molecule has 0 unspecified atom stereocenters. The number of aromatic nitrogens is 3. The van der Waals surface area contributed by atoms with Gasteiger partial charge in [-0.25, -0.2) is 9.97 Å². The highest BCUT2D eigenvalue weighted by Crippen LogP contribution is 2.47. The van der Waals surface area contributed by atoms with Gasteiger partial charge < -0.3 is 17.6 Å². The summed E-state index contributed by atoms with van der Waals surface area (Å²) in [5.74, 6) is -1.26. The minimum atomic E-state index is -4.68. The standard InChI is InChI=1S/C22H24BF5N4/c1-7-16-11(3)19-18(15-9-29-21(30-10-15)22(24,25)26)20-12(4)17(8-2)14(6)32(20)23(27,28)31(19)13(16)5/h9-10H,7-8H2,1-6H3. The van der Waals surface area contributed by atoms with Crippen LogP contribution < -0.4 is 0 Å². The van der Waals surface area contributed by atoms with Crippen molar-refractivity contribution in [2.75, 3.05) is 0 Å². The van der Waals surface area contributed by atoms with Gasteiger partial charge in [0.15, 0.2) is 5.70 Å². The highest BCUT2D eigenvalue weighted by Gasteiger charge is 2.56. The summed E-state index contributed by atoms with van der Waals surface area (Å²) in [4.78, 5) is 7.02. The highest BCUT2D eigenvalue weighted by atomic mass is 19.4. The number of hydrogen-bond acceptors (Lipinski definition) is 2. The fraction of sp³-hybridized carbons (Fsp3) is 0.409. The lowest BCUT2D eigenvalue weighted by Crippen LogP contribution is -2.51. The number of fused-ring (bicyclic) bond motifs is 2. The Hall–Kier alpha value is -2.78. The molecule has 0 saturated heterocycles. The maximum absolute atomic E-state index is 16.1. The Morgan fingerprint density at radius 2 is 1.59 bits per heavy atom. The van der Waals surface area contributed by atoms with Gasteiger partial charge >= 0.3 is 13.1 Å². The van der Waals surface area contributed by atoms with Crippen LogP contribution in [0.5, 0.6) is 0 Å². The van der Waals surface area contributed by atoms with Gasteiger partial charge in [-0.2, -0.15) is 13.2 Å². The van der Waals surface area contributed by atoms with E-state index in [1.807, 2.05) is 13.8 Å².